The summed E-state index contributed by atoms with van der Waals surface area (Å²) in [6, 6.07) is 7.94. The first kappa shape index (κ1) is 17.4. The molecule has 2 heterocycles. The number of aryl methyl sites for hydroxylation is 1. The normalized spacial score (nSPS) is 24.0. The smallest absolute Gasteiger partial charge is 0.257 e. The van der Waals surface area contributed by atoms with Crippen LogP contribution in [0.1, 0.15) is 49.9 Å². The Hall–Kier alpha value is -2.01. The number of nitrogens with zero attached hydrogens (tertiary/aromatic N) is 2. The van der Waals surface area contributed by atoms with Gasteiger partial charge in [-0.3, -0.25) is 4.79 Å². The minimum absolute atomic E-state index is 0.0383. The Morgan fingerprint density at radius 3 is 2.62 bits per heavy atom. The van der Waals surface area contributed by atoms with Crippen molar-refractivity contribution >= 4 is 5.78 Å². The van der Waals surface area contributed by atoms with E-state index in [1.807, 2.05) is 24.3 Å². The van der Waals surface area contributed by atoms with Gasteiger partial charge in [-0.05, 0) is 49.4 Å². The second kappa shape index (κ2) is 7.70. The summed E-state index contributed by atoms with van der Waals surface area (Å²) in [4.78, 5) is 17.2. The van der Waals surface area contributed by atoms with Crippen LogP contribution in [-0.2, 0) is 11.2 Å². The zero-order chi connectivity index (χ0) is 17.9. The first-order valence-corrected chi connectivity index (χ1v) is 9.86. The van der Waals surface area contributed by atoms with Crippen LogP contribution in [-0.4, -0.2) is 28.5 Å². The van der Waals surface area contributed by atoms with E-state index in [1.54, 1.807) is 6.92 Å². The first-order valence-electron chi connectivity index (χ1n) is 9.86. The molecule has 1 saturated heterocycles. The summed E-state index contributed by atoms with van der Waals surface area (Å²) in [5.41, 5.74) is 1.94. The average Bonchev–Trinajstić information content (AvgIpc) is 3.32. The van der Waals surface area contributed by atoms with Gasteiger partial charge in [0.15, 0.2) is 11.6 Å². The van der Waals surface area contributed by atoms with Gasteiger partial charge in [-0.25, -0.2) is 0 Å². The largest absolute Gasteiger partial charge is 0.334 e. The predicted octanol–water partition coefficient (Wildman–Crippen LogP) is 3.72. The number of rotatable bonds is 5. The van der Waals surface area contributed by atoms with Gasteiger partial charge >= 0.3 is 0 Å². The fourth-order valence-electron chi connectivity index (χ4n) is 4.64. The van der Waals surface area contributed by atoms with Crippen molar-refractivity contribution in [3.63, 3.8) is 0 Å². The summed E-state index contributed by atoms with van der Waals surface area (Å²) in [6.45, 7) is 2.78. The highest BCUT2D eigenvalue weighted by Gasteiger charge is 2.37. The number of carbonyl (C=O) groups excluding carboxylic acids is 1. The maximum atomic E-state index is 12.9. The highest BCUT2D eigenvalue weighted by molar-refractivity contribution is 5.86. The third kappa shape index (κ3) is 3.73. The van der Waals surface area contributed by atoms with E-state index in [0.29, 0.717) is 29.8 Å². The van der Waals surface area contributed by atoms with Crippen LogP contribution in [0.15, 0.2) is 28.8 Å². The second-order valence-electron chi connectivity index (χ2n) is 7.77. The van der Waals surface area contributed by atoms with Crippen molar-refractivity contribution in [2.45, 2.75) is 57.9 Å². The number of Topliss-reactive ketones (excluding diaryl/α,β-unsaturated/α-hetero) is 1. The lowest BCUT2D eigenvalue weighted by Crippen LogP contribution is -2.40. The van der Waals surface area contributed by atoms with Crippen molar-refractivity contribution in [3.05, 3.63) is 35.7 Å². The van der Waals surface area contributed by atoms with Crippen LogP contribution in [0.3, 0.4) is 0 Å². The van der Waals surface area contributed by atoms with Gasteiger partial charge in [-0.1, -0.05) is 49.4 Å². The Balaban J connectivity index is 1.40. The Labute approximate surface area is 154 Å². The molecular weight excluding hydrogens is 326 g/mol. The lowest BCUT2D eigenvalue weighted by molar-refractivity contribution is -0.121. The standard InChI is InChI=1S/C21H27N3O2/c1-14-23-21(26-24-14)17-9-7-15(8-10-17)13-19(25)20-18(11-12-22-20)16-5-3-2-4-6-16/h7-10,16,18,20,22H,2-6,11-13H2,1H3/t18-,20-/m0/s1. The molecule has 2 aromatic rings. The number of ketones is 1. The summed E-state index contributed by atoms with van der Waals surface area (Å²) in [5.74, 6) is 2.74. The molecule has 0 radical (unpaired) electrons. The highest BCUT2D eigenvalue weighted by Crippen LogP contribution is 2.36. The van der Waals surface area contributed by atoms with Crippen molar-refractivity contribution < 1.29 is 9.32 Å². The molecule has 2 fully saturated rings. The van der Waals surface area contributed by atoms with Crippen LogP contribution < -0.4 is 5.32 Å². The van der Waals surface area contributed by atoms with Gasteiger partial charge in [0.05, 0.1) is 6.04 Å². The molecule has 2 atom stereocenters. The van der Waals surface area contributed by atoms with Gasteiger partial charge in [0.25, 0.3) is 5.89 Å². The number of benzene rings is 1. The average molecular weight is 353 g/mol. The van der Waals surface area contributed by atoms with Gasteiger partial charge in [0.2, 0.25) is 0 Å². The molecule has 0 unspecified atom stereocenters. The van der Waals surface area contributed by atoms with E-state index in [1.165, 1.54) is 32.1 Å². The van der Waals surface area contributed by atoms with Gasteiger partial charge in [-0.2, -0.15) is 4.98 Å². The number of carbonyl (C=O) groups is 1. The zero-order valence-corrected chi connectivity index (χ0v) is 15.4. The minimum atomic E-state index is 0.0383. The molecule has 5 nitrogen and oxygen atoms in total. The minimum Gasteiger partial charge on any atom is -0.334 e. The highest BCUT2D eigenvalue weighted by atomic mass is 16.5. The summed E-state index contributed by atoms with van der Waals surface area (Å²) < 4.78 is 5.20. The molecule has 1 aromatic carbocycles. The van der Waals surface area contributed by atoms with E-state index in [-0.39, 0.29) is 6.04 Å². The fraction of sp³-hybridized carbons (Fsp3) is 0.571. The van der Waals surface area contributed by atoms with Crippen molar-refractivity contribution in [1.29, 1.82) is 0 Å². The monoisotopic (exact) mass is 353 g/mol. The maximum Gasteiger partial charge on any atom is 0.257 e. The van der Waals surface area contributed by atoms with Crippen LogP contribution in [0, 0.1) is 18.8 Å². The van der Waals surface area contributed by atoms with Gasteiger partial charge in [0, 0.05) is 12.0 Å². The quantitative estimate of drug-likeness (QED) is 0.887. The molecule has 0 bridgehead atoms. The van der Waals surface area contributed by atoms with E-state index in [9.17, 15) is 4.79 Å². The summed E-state index contributed by atoms with van der Waals surface area (Å²) >= 11 is 0. The summed E-state index contributed by atoms with van der Waals surface area (Å²) in [7, 11) is 0. The topological polar surface area (TPSA) is 68.0 Å². The van der Waals surface area contributed by atoms with Crippen molar-refractivity contribution in [2.24, 2.45) is 11.8 Å². The lowest BCUT2D eigenvalue weighted by atomic mass is 9.75. The predicted molar refractivity (Wildman–Crippen MR) is 99.7 cm³/mol. The van der Waals surface area contributed by atoms with Gasteiger partial charge in [-0.15, -0.1) is 0 Å². The lowest BCUT2D eigenvalue weighted by Gasteiger charge is -2.30. The molecule has 1 N–H and O–H groups in total. The van der Waals surface area contributed by atoms with Gasteiger partial charge in [0.1, 0.15) is 0 Å². The summed E-state index contributed by atoms with van der Waals surface area (Å²) in [6.07, 6.45) is 8.27. The molecule has 0 amide bonds. The van der Waals surface area contributed by atoms with Gasteiger partial charge < -0.3 is 9.84 Å². The third-order valence-electron chi connectivity index (χ3n) is 5.98. The maximum absolute atomic E-state index is 12.9. The van der Waals surface area contributed by atoms with Crippen LogP contribution in [0.4, 0.5) is 0 Å². The third-order valence-corrected chi connectivity index (χ3v) is 5.98. The van der Waals surface area contributed by atoms with E-state index < -0.39 is 0 Å². The van der Waals surface area contributed by atoms with Crippen LogP contribution in [0.2, 0.25) is 0 Å². The Morgan fingerprint density at radius 1 is 1.15 bits per heavy atom. The van der Waals surface area contributed by atoms with E-state index in [2.05, 4.69) is 15.5 Å². The SMILES string of the molecule is Cc1noc(-c2ccc(CC(=O)[C@H]3NCC[C@H]3C3CCCCC3)cc2)n1. The second-order valence-corrected chi connectivity index (χ2v) is 7.77. The molecule has 1 aliphatic heterocycles. The fourth-order valence-corrected chi connectivity index (χ4v) is 4.64. The molecule has 1 aliphatic carbocycles. The van der Waals surface area contributed by atoms with E-state index in [0.717, 1.165) is 30.0 Å². The Kier molecular flexibility index (Phi) is 5.16. The van der Waals surface area contributed by atoms with Crippen LogP contribution in [0.25, 0.3) is 11.5 Å². The van der Waals surface area contributed by atoms with Crippen LogP contribution >= 0.6 is 0 Å². The number of aromatic nitrogens is 2. The molecular formula is C21H27N3O2. The van der Waals surface area contributed by atoms with Crippen molar-refractivity contribution in [1.82, 2.24) is 15.5 Å². The zero-order valence-electron chi connectivity index (χ0n) is 15.4. The molecule has 0 spiro atoms. The van der Waals surface area contributed by atoms with E-state index >= 15 is 0 Å². The molecule has 1 aromatic heterocycles. The number of hydrogen-bond donors (Lipinski definition) is 1. The first-order chi connectivity index (χ1) is 12.7. The molecule has 26 heavy (non-hydrogen) atoms. The molecule has 1 saturated carbocycles. The Morgan fingerprint density at radius 2 is 1.92 bits per heavy atom. The van der Waals surface area contributed by atoms with Crippen LogP contribution in [0.5, 0.6) is 0 Å². The summed E-state index contributed by atoms with van der Waals surface area (Å²) in [5, 5.41) is 7.30. The molecule has 5 heteroatoms. The van der Waals surface area contributed by atoms with E-state index in [4.69, 9.17) is 4.52 Å². The Bertz CT molecular complexity index is 747. The molecule has 2 aliphatic rings. The number of nitrogens with one attached hydrogen (secondary N) is 1. The molecule has 138 valence electrons. The molecule has 4 rings (SSSR count). The number of hydrogen-bond acceptors (Lipinski definition) is 5. The van der Waals surface area contributed by atoms with Crippen molar-refractivity contribution in [3.8, 4) is 11.5 Å². The van der Waals surface area contributed by atoms with Crippen molar-refractivity contribution in [2.75, 3.05) is 6.54 Å².